The molecule has 144 valence electrons. The van der Waals surface area contributed by atoms with Crippen molar-refractivity contribution in [2.45, 2.75) is 25.4 Å². The Morgan fingerprint density at radius 3 is 2.81 bits per heavy atom. The van der Waals surface area contributed by atoms with Crippen molar-refractivity contribution in [3.63, 3.8) is 0 Å². The van der Waals surface area contributed by atoms with Crippen molar-refractivity contribution in [3.05, 3.63) is 37.2 Å². The fourth-order valence-electron chi connectivity index (χ4n) is 2.31. The maximum absolute atomic E-state index is 12.5. The molecule has 3 heterocycles. The van der Waals surface area contributed by atoms with Gasteiger partial charge in [0, 0.05) is 28.6 Å². The molecule has 0 aliphatic rings. The molecule has 0 bridgehead atoms. The lowest BCUT2D eigenvalue weighted by molar-refractivity contribution is 0.436. The number of rotatable bonds is 7. The summed E-state index contributed by atoms with van der Waals surface area (Å²) in [7, 11) is 0. The molecule has 3 aromatic heterocycles. The Kier molecular flexibility index (Phi) is 10.0. The van der Waals surface area contributed by atoms with Crippen LogP contribution in [0.2, 0.25) is 5.15 Å². The molecular formula is C15H17BrCl3FN4S2. The minimum Gasteiger partial charge on any atom is -0.377 e. The SMILES string of the molecule is Cl.Cl.N[C@@H](CCF)Cc1sc2c(NCc3nccs3)cc(Cl)nc2c1Br. The monoisotopic (exact) mass is 520 g/mol. The molecule has 0 saturated carbocycles. The van der Waals surface area contributed by atoms with E-state index in [2.05, 4.69) is 31.2 Å². The number of thiazole rings is 1. The minimum absolute atomic E-state index is 0. The summed E-state index contributed by atoms with van der Waals surface area (Å²) in [6.45, 7) is 0.216. The topological polar surface area (TPSA) is 63.8 Å². The van der Waals surface area contributed by atoms with Crippen LogP contribution in [0.15, 0.2) is 22.1 Å². The van der Waals surface area contributed by atoms with Crippen LogP contribution < -0.4 is 11.1 Å². The van der Waals surface area contributed by atoms with E-state index in [1.54, 1.807) is 28.9 Å². The molecule has 3 rings (SSSR count). The van der Waals surface area contributed by atoms with Crippen molar-refractivity contribution < 1.29 is 4.39 Å². The van der Waals surface area contributed by atoms with Crippen molar-refractivity contribution in [2.75, 3.05) is 12.0 Å². The van der Waals surface area contributed by atoms with Crippen LogP contribution in [-0.2, 0) is 13.0 Å². The molecule has 11 heteroatoms. The molecule has 0 amide bonds. The Hall–Kier alpha value is -0.220. The lowest BCUT2D eigenvalue weighted by Gasteiger charge is -2.07. The predicted molar refractivity (Wildman–Crippen MR) is 119 cm³/mol. The molecule has 1 atom stereocenters. The van der Waals surface area contributed by atoms with E-state index in [9.17, 15) is 4.39 Å². The first-order valence-electron chi connectivity index (χ1n) is 7.29. The zero-order chi connectivity index (χ0) is 17.1. The van der Waals surface area contributed by atoms with E-state index in [1.807, 2.05) is 11.4 Å². The Labute approximate surface area is 184 Å². The lowest BCUT2D eigenvalue weighted by atomic mass is 10.1. The zero-order valence-electron chi connectivity index (χ0n) is 13.4. The molecule has 0 fully saturated rings. The first-order chi connectivity index (χ1) is 11.6. The number of nitrogens with one attached hydrogen (secondary N) is 1. The van der Waals surface area contributed by atoms with Crippen LogP contribution in [0.25, 0.3) is 10.2 Å². The van der Waals surface area contributed by atoms with Crippen molar-refractivity contribution in [3.8, 4) is 0 Å². The Morgan fingerprint density at radius 1 is 1.38 bits per heavy atom. The normalized spacial score (nSPS) is 11.7. The third-order valence-electron chi connectivity index (χ3n) is 3.46. The van der Waals surface area contributed by atoms with Gasteiger partial charge in [0.25, 0.3) is 0 Å². The van der Waals surface area contributed by atoms with E-state index in [0.717, 1.165) is 30.3 Å². The molecular weight excluding hydrogens is 506 g/mol. The molecule has 0 spiro atoms. The number of thiophene rings is 1. The third kappa shape index (κ3) is 5.64. The number of halogens is 5. The molecule has 0 unspecified atom stereocenters. The van der Waals surface area contributed by atoms with Crippen molar-refractivity contribution in [1.29, 1.82) is 0 Å². The van der Waals surface area contributed by atoms with Gasteiger partial charge in [-0.25, -0.2) is 9.97 Å². The van der Waals surface area contributed by atoms with E-state index < -0.39 is 6.67 Å². The molecule has 0 aliphatic heterocycles. The van der Waals surface area contributed by atoms with Crippen molar-refractivity contribution in [1.82, 2.24) is 9.97 Å². The summed E-state index contributed by atoms with van der Waals surface area (Å²) >= 11 is 13.0. The molecule has 0 saturated heterocycles. The number of hydrogen-bond donors (Lipinski definition) is 2. The highest BCUT2D eigenvalue weighted by Crippen LogP contribution is 2.40. The number of hydrogen-bond acceptors (Lipinski definition) is 6. The molecule has 26 heavy (non-hydrogen) atoms. The van der Waals surface area contributed by atoms with Crippen LogP contribution in [0.5, 0.6) is 0 Å². The molecule has 0 radical (unpaired) electrons. The molecule has 0 aromatic carbocycles. The van der Waals surface area contributed by atoms with Gasteiger partial charge in [-0.1, -0.05) is 11.6 Å². The predicted octanol–water partition coefficient (Wildman–Crippen LogP) is 5.85. The van der Waals surface area contributed by atoms with Gasteiger partial charge < -0.3 is 11.1 Å². The average molecular weight is 523 g/mol. The molecule has 3 N–H and O–H groups in total. The van der Waals surface area contributed by atoms with E-state index >= 15 is 0 Å². The maximum atomic E-state index is 12.5. The summed E-state index contributed by atoms with van der Waals surface area (Å²) in [5.74, 6) is 0. The second kappa shape index (κ2) is 10.9. The van der Waals surface area contributed by atoms with E-state index in [4.69, 9.17) is 17.3 Å². The van der Waals surface area contributed by atoms with Gasteiger partial charge in [0.1, 0.15) is 10.2 Å². The molecule has 0 aliphatic carbocycles. The standard InChI is InChI=1S/C15H15BrClFN4S2.2ClH/c16-13-10(5-8(19)1-2-18)24-15-9(6-11(17)22-14(13)15)21-7-12-20-3-4-23-12;;/h3-4,6,8H,1-2,5,7,19H2,(H,21,22);2*1H/t8-;;/m0../s1. The minimum atomic E-state index is -0.408. The van der Waals surface area contributed by atoms with Crippen LogP contribution in [-0.4, -0.2) is 22.7 Å². The fourth-order valence-corrected chi connectivity index (χ4v) is 5.10. The first-order valence-corrected chi connectivity index (χ1v) is 10.2. The lowest BCUT2D eigenvalue weighted by Crippen LogP contribution is -2.22. The molecule has 4 nitrogen and oxygen atoms in total. The van der Waals surface area contributed by atoms with Gasteiger partial charge in [0.15, 0.2) is 0 Å². The highest BCUT2D eigenvalue weighted by molar-refractivity contribution is 9.10. The highest BCUT2D eigenvalue weighted by atomic mass is 79.9. The summed E-state index contributed by atoms with van der Waals surface area (Å²) < 4.78 is 14.4. The number of pyridine rings is 1. The number of alkyl halides is 1. The van der Waals surface area contributed by atoms with Crippen LogP contribution in [0, 0.1) is 0 Å². The van der Waals surface area contributed by atoms with Crippen molar-refractivity contribution in [2.24, 2.45) is 5.73 Å². The van der Waals surface area contributed by atoms with Gasteiger partial charge in [-0.15, -0.1) is 47.5 Å². The summed E-state index contributed by atoms with van der Waals surface area (Å²) in [6.07, 6.45) is 2.74. The van der Waals surface area contributed by atoms with Gasteiger partial charge in [-0.3, -0.25) is 4.39 Å². The van der Waals surface area contributed by atoms with E-state index in [1.165, 1.54) is 0 Å². The zero-order valence-corrected chi connectivity index (χ0v) is 19.0. The number of nitrogens with zero attached hydrogens (tertiary/aromatic N) is 2. The summed E-state index contributed by atoms with van der Waals surface area (Å²) in [6, 6.07) is 1.60. The van der Waals surface area contributed by atoms with Gasteiger partial charge in [-0.2, -0.15) is 0 Å². The largest absolute Gasteiger partial charge is 0.377 e. The Balaban J connectivity index is 0.00000169. The smallest absolute Gasteiger partial charge is 0.131 e. The Morgan fingerprint density at radius 2 is 2.15 bits per heavy atom. The Bertz CT molecular complexity index is 832. The number of aromatic nitrogens is 2. The van der Waals surface area contributed by atoms with Crippen LogP contribution in [0.1, 0.15) is 16.3 Å². The van der Waals surface area contributed by atoms with Gasteiger partial charge in [0.05, 0.1) is 33.6 Å². The van der Waals surface area contributed by atoms with Crippen LogP contribution in [0.4, 0.5) is 10.1 Å². The summed E-state index contributed by atoms with van der Waals surface area (Å²) in [5.41, 5.74) is 7.69. The van der Waals surface area contributed by atoms with Gasteiger partial charge in [0.2, 0.25) is 0 Å². The summed E-state index contributed by atoms with van der Waals surface area (Å²) in [5, 5.41) is 6.73. The first kappa shape index (κ1) is 23.8. The summed E-state index contributed by atoms with van der Waals surface area (Å²) in [4.78, 5) is 9.74. The van der Waals surface area contributed by atoms with Gasteiger partial charge >= 0.3 is 0 Å². The second-order valence-corrected chi connectivity index (χ2v) is 8.50. The number of nitrogens with two attached hydrogens (primary N) is 1. The highest BCUT2D eigenvalue weighted by Gasteiger charge is 2.17. The average Bonchev–Trinajstić information content (AvgIpc) is 3.15. The third-order valence-corrected chi connectivity index (χ3v) is 6.79. The van der Waals surface area contributed by atoms with Crippen molar-refractivity contribution >= 4 is 90.9 Å². The van der Waals surface area contributed by atoms with E-state index in [-0.39, 0.29) is 30.9 Å². The fraction of sp³-hybridized carbons (Fsp3) is 0.333. The quantitative estimate of drug-likeness (QED) is 0.382. The number of anilines is 1. The van der Waals surface area contributed by atoms with E-state index in [0.29, 0.717) is 24.5 Å². The molecule has 3 aromatic rings. The maximum Gasteiger partial charge on any atom is 0.131 e. The van der Waals surface area contributed by atoms with Gasteiger partial charge in [-0.05, 0) is 28.8 Å². The van der Waals surface area contributed by atoms with Crippen LogP contribution >= 0.6 is 75.0 Å². The second-order valence-electron chi connectivity index (χ2n) is 5.23. The van der Waals surface area contributed by atoms with Crippen LogP contribution in [0.3, 0.4) is 0 Å². The number of fused-ring (bicyclic) bond motifs is 1.